The number of sulfone groups is 1. The van der Waals surface area contributed by atoms with E-state index in [0.29, 0.717) is 6.54 Å². The predicted octanol–water partition coefficient (Wildman–Crippen LogP) is 2.06. The first kappa shape index (κ1) is 19.9. The van der Waals surface area contributed by atoms with E-state index in [9.17, 15) is 13.2 Å². The normalized spacial score (nSPS) is 22.2. The van der Waals surface area contributed by atoms with Crippen LogP contribution in [0.3, 0.4) is 0 Å². The lowest BCUT2D eigenvalue weighted by Gasteiger charge is -2.21. The summed E-state index contributed by atoms with van der Waals surface area (Å²) in [7, 11) is -3.19. The van der Waals surface area contributed by atoms with Crippen LogP contribution < -0.4 is 11.1 Å². The lowest BCUT2D eigenvalue weighted by molar-refractivity contribution is -0.126. The van der Waals surface area contributed by atoms with Gasteiger partial charge >= 0.3 is 0 Å². The number of nitrogens with two attached hydrogens (primary N) is 1. The quantitative estimate of drug-likeness (QED) is 0.841. The zero-order valence-corrected chi connectivity index (χ0v) is 15.1. The molecule has 3 atom stereocenters. The highest BCUT2D eigenvalue weighted by Gasteiger charge is 2.32. The molecule has 1 aliphatic carbocycles. The molecule has 0 spiro atoms. The molecular weight excluding hydrogens is 336 g/mol. The highest BCUT2D eigenvalue weighted by Crippen LogP contribution is 2.31. The van der Waals surface area contributed by atoms with Crippen LogP contribution >= 0.6 is 12.4 Å². The summed E-state index contributed by atoms with van der Waals surface area (Å²) >= 11 is 0. The van der Waals surface area contributed by atoms with Gasteiger partial charge in [-0.1, -0.05) is 18.6 Å². The SMILES string of the molecule is CC(NC(=O)[C@@H]1CCC[C@@H]1CN)c1ccc(S(C)(=O)=O)cc1.Cl. The largest absolute Gasteiger partial charge is 0.349 e. The molecule has 23 heavy (non-hydrogen) atoms. The third kappa shape index (κ3) is 4.93. The van der Waals surface area contributed by atoms with Crippen molar-refractivity contribution in [3.63, 3.8) is 0 Å². The average Bonchev–Trinajstić information content (AvgIpc) is 2.95. The molecular formula is C16H25ClN2O3S. The highest BCUT2D eigenvalue weighted by atomic mass is 35.5. The summed E-state index contributed by atoms with van der Waals surface area (Å²) in [5.74, 6) is 0.329. The molecule has 1 aliphatic rings. The Bertz CT molecular complexity index is 631. The Labute approximate surface area is 144 Å². The van der Waals surface area contributed by atoms with E-state index in [1.54, 1.807) is 24.3 Å². The third-order valence-corrected chi connectivity index (χ3v) is 5.59. The minimum Gasteiger partial charge on any atom is -0.349 e. The number of hydrogen-bond donors (Lipinski definition) is 2. The monoisotopic (exact) mass is 360 g/mol. The van der Waals surface area contributed by atoms with E-state index < -0.39 is 9.84 Å². The molecule has 0 heterocycles. The summed E-state index contributed by atoms with van der Waals surface area (Å²) in [5.41, 5.74) is 6.62. The Hall–Kier alpha value is -1.11. The third-order valence-electron chi connectivity index (χ3n) is 4.47. The van der Waals surface area contributed by atoms with Gasteiger partial charge in [0.2, 0.25) is 5.91 Å². The second-order valence-electron chi connectivity index (χ2n) is 6.10. The van der Waals surface area contributed by atoms with Gasteiger partial charge in [0.15, 0.2) is 9.84 Å². The van der Waals surface area contributed by atoms with E-state index >= 15 is 0 Å². The van der Waals surface area contributed by atoms with E-state index in [1.807, 2.05) is 6.92 Å². The first-order valence-corrected chi connectivity index (χ1v) is 9.52. The molecule has 1 amide bonds. The van der Waals surface area contributed by atoms with Gasteiger partial charge in [0.25, 0.3) is 0 Å². The Kier molecular flexibility index (Phi) is 7.04. The number of hydrogen-bond acceptors (Lipinski definition) is 4. The van der Waals surface area contributed by atoms with E-state index in [-0.39, 0.29) is 41.1 Å². The topological polar surface area (TPSA) is 89.3 Å². The van der Waals surface area contributed by atoms with E-state index in [2.05, 4.69) is 5.32 Å². The second-order valence-corrected chi connectivity index (χ2v) is 8.12. The molecule has 1 saturated carbocycles. The van der Waals surface area contributed by atoms with Gasteiger partial charge in [-0.2, -0.15) is 0 Å². The standard InChI is InChI=1S/C16H24N2O3S.ClH/c1-11(12-6-8-14(9-7-12)22(2,20)21)18-16(19)15-5-3-4-13(15)10-17;/h6-9,11,13,15H,3-5,10,17H2,1-2H3,(H,18,19);1H/t11?,13-,15-;/m1./s1. The maximum Gasteiger partial charge on any atom is 0.223 e. The molecule has 130 valence electrons. The number of benzene rings is 1. The molecule has 0 radical (unpaired) electrons. The number of halogens is 1. The molecule has 1 fully saturated rings. The number of carbonyl (C=O) groups excluding carboxylic acids is 1. The number of nitrogens with one attached hydrogen (secondary N) is 1. The molecule has 3 N–H and O–H groups in total. The maximum absolute atomic E-state index is 12.4. The van der Waals surface area contributed by atoms with Gasteiger partial charge in [0.1, 0.15) is 0 Å². The fourth-order valence-electron chi connectivity index (χ4n) is 3.07. The second kappa shape index (κ2) is 8.13. The molecule has 2 rings (SSSR count). The van der Waals surface area contributed by atoms with Crippen molar-refractivity contribution in [1.29, 1.82) is 0 Å². The van der Waals surface area contributed by atoms with Gasteiger partial charge in [-0.25, -0.2) is 8.42 Å². The van der Waals surface area contributed by atoms with Gasteiger partial charge in [0.05, 0.1) is 10.9 Å². The van der Waals surface area contributed by atoms with Crippen molar-refractivity contribution in [2.75, 3.05) is 12.8 Å². The summed E-state index contributed by atoms with van der Waals surface area (Å²) in [4.78, 5) is 12.6. The van der Waals surface area contributed by atoms with Gasteiger partial charge in [-0.05, 0) is 49.9 Å². The summed E-state index contributed by atoms with van der Waals surface area (Å²) in [6, 6.07) is 6.49. The summed E-state index contributed by atoms with van der Waals surface area (Å²) in [5, 5.41) is 3.02. The van der Waals surface area contributed by atoms with Crippen LogP contribution in [0.4, 0.5) is 0 Å². The minimum atomic E-state index is -3.19. The van der Waals surface area contributed by atoms with Gasteiger partial charge in [-0.3, -0.25) is 4.79 Å². The van der Waals surface area contributed by atoms with Crippen LogP contribution in [-0.4, -0.2) is 27.1 Å². The molecule has 7 heteroatoms. The molecule has 0 aromatic heterocycles. The fourth-order valence-corrected chi connectivity index (χ4v) is 3.70. The van der Waals surface area contributed by atoms with Gasteiger partial charge < -0.3 is 11.1 Å². The molecule has 1 unspecified atom stereocenters. The molecule has 1 aromatic rings. The molecule has 0 aliphatic heterocycles. The van der Waals surface area contributed by atoms with Crippen LogP contribution in [0.2, 0.25) is 0 Å². The molecule has 0 saturated heterocycles. The Morgan fingerprint density at radius 1 is 1.30 bits per heavy atom. The Balaban J connectivity index is 0.00000264. The van der Waals surface area contributed by atoms with Crippen molar-refractivity contribution in [2.45, 2.75) is 37.1 Å². The van der Waals surface area contributed by atoms with Crippen LogP contribution in [0.25, 0.3) is 0 Å². The summed E-state index contributed by atoms with van der Waals surface area (Å²) < 4.78 is 22.9. The lowest BCUT2D eigenvalue weighted by atomic mass is 9.95. The lowest BCUT2D eigenvalue weighted by Crippen LogP contribution is -2.36. The van der Waals surface area contributed by atoms with Crippen LogP contribution in [0.15, 0.2) is 29.2 Å². The van der Waals surface area contributed by atoms with Crippen molar-refractivity contribution in [3.05, 3.63) is 29.8 Å². The van der Waals surface area contributed by atoms with E-state index in [1.165, 1.54) is 6.26 Å². The van der Waals surface area contributed by atoms with Crippen LogP contribution in [-0.2, 0) is 14.6 Å². The minimum absolute atomic E-state index is 0. The number of carbonyl (C=O) groups is 1. The van der Waals surface area contributed by atoms with E-state index in [0.717, 1.165) is 24.8 Å². The van der Waals surface area contributed by atoms with Crippen molar-refractivity contribution in [2.24, 2.45) is 17.6 Å². The van der Waals surface area contributed by atoms with Crippen LogP contribution in [0, 0.1) is 11.8 Å². The van der Waals surface area contributed by atoms with E-state index in [4.69, 9.17) is 5.73 Å². The van der Waals surface area contributed by atoms with Crippen LogP contribution in [0.1, 0.15) is 37.8 Å². The predicted molar refractivity (Wildman–Crippen MR) is 93.2 cm³/mol. The Morgan fingerprint density at radius 2 is 1.91 bits per heavy atom. The number of amides is 1. The summed E-state index contributed by atoms with van der Waals surface area (Å²) in [6.07, 6.45) is 4.15. The van der Waals surface area contributed by atoms with Crippen LogP contribution in [0.5, 0.6) is 0 Å². The smallest absolute Gasteiger partial charge is 0.223 e. The fraction of sp³-hybridized carbons (Fsp3) is 0.562. The van der Waals surface area contributed by atoms with Gasteiger partial charge in [0, 0.05) is 12.2 Å². The Morgan fingerprint density at radius 3 is 2.43 bits per heavy atom. The zero-order chi connectivity index (χ0) is 16.3. The molecule has 5 nitrogen and oxygen atoms in total. The molecule has 1 aromatic carbocycles. The van der Waals surface area contributed by atoms with Crippen molar-refractivity contribution in [3.8, 4) is 0 Å². The maximum atomic E-state index is 12.4. The molecule has 0 bridgehead atoms. The average molecular weight is 361 g/mol. The summed E-state index contributed by atoms with van der Waals surface area (Å²) in [6.45, 7) is 2.45. The van der Waals surface area contributed by atoms with Crippen molar-refractivity contribution >= 4 is 28.2 Å². The number of rotatable bonds is 5. The first-order valence-electron chi connectivity index (χ1n) is 7.63. The van der Waals surface area contributed by atoms with Gasteiger partial charge in [-0.15, -0.1) is 12.4 Å². The first-order chi connectivity index (χ1) is 10.3. The highest BCUT2D eigenvalue weighted by molar-refractivity contribution is 7.90. The van der Waals surface area contributed by atoms with Crippen molar-refractivity contribution in [1.82, 2.24) is 5.32 Å². The zero-order valence-electron chi connectivity index (χ0n) is 13.5. The van der Waals surface area contributed by atoms with Crippen molar-refractivity contribution < 1.29 is 13.2 Å².